The van der Waals surface area contributed by atoms with Gasteiger partial charge in [-0.05, 0) is 18.3 Å². The van der Waals surface area contributed by atoms with Crippen molar-refractivity contribution in [3.05, 3.63) is 12.2 Å². The maximum atomic E-state index is 12.3. The first-order chi connectivity index (χ1) is 10.4. The Morgan fingerprint density at radius 3 is 2.09 bits per heavy atom. The second-order valence-corrected chi connectivity index (χ2v) is 5.51. The molecule has 2 N–H and O–H groups in total. The molecule has 1 aromatic rings. The van der Waals surface area contributed by atoms with Crippen LogP contribution in [0.25, 0.3) is 0 Å². The van der Waals surface area contributed by atoms with Gasteiger partial charge in [0.2, 0.25) is 0 Å². The van der Waals surface area contributed by atoms with E-state index >= 15 is 0 Å². The highest BCUT2D eigenvalue weighted by molar-refractivity contribution is 5.73. The van der Waals surface area contributed by atoms with E-state index < -0.39 is 24.1 Å². The molecule has 12 heteroatoms. The number of aliphatic carboxylic acids is 1. The lowest BCUT2D eigenvalue weighted by Crippen LogP contribution is -2.60. The molecular weight excluding hydrogens is 334 g/mol. The van der Waals surface area contributed by atoms with Gasteiger partial charge in [-0.2, -0.15) is 26.3 Å². The van der Waals surface area contributed by atoms with Gasteiger partial charge in [-0.25, -0.2) is 14.5 Å². The number of carboxylic acids is 1. The number of halogens is 6. The van der Waals surface area contributed by atoms with Crippen LogP contribution in [0.4, 0.5) is 26.3 Å². The normalized spacial score (nSPS) is 20.3. The van der Waals surface area contributed by atoms with Crippen molar-refractivity contribution < 1.29 is 36.2 Å². The summed E-state index contributed by atoms with van der Waals surface area (Å²) in [6.07, 6.45) is -6.53. The first kappa shape index (κ1) is 17.5. The van der Waals surface area contributed by atoms with Gasteiger partial charge in [0.25, 0.3) is 5.82 Å². The minimum atomic E-state index is -5.08. The third-order valence-corrected chi connectivity index (χ3v) is 3.72. The van der Waals surface area contributed by atoms with E-state index in [-0.39, 0.29) is 6.04 Å². The summed E-state index contributed by atoms with van der Waals surface area (Å²) in [5.74, 6) is -3.80. The van der Waals surface area contributed by atoms with Gasteiger partial charge in [0, 0.05) is 13.1 Å². The smallest absolute Gasteiger partial charge is 0.475 e. The van der Waals surface area contributed by atoms with E-state index in [1.807, 2.05) is 0 Å². The molecule has 1 saturated heterocycles. The van der Waals surface area contributed by atoms with E-state index in [4.69, 9.17) is 9.90 Å². The molecule has 2 fully saturated rings. The second-order valence-electron chi connectivity index (χ2n) is 5.51. The van der Waals surface area contributed by atoms with Gasteiger partial charge in [-0.1, -0.05) is 0 Å². The highest BCUT2D eigenvalue weighted by Gasteiger charge is 2.50. The standard InChI is InChI=1S/C9H11F3N4.C2HF3O2/c10-9(11,12)7-14-5-16(15-7)6-1-8(2-6)3-13-4-8;3-2(4,5)1(6)7/h5-6,13H,1-4H2;(H,6,7). The molecule has 1 saturated carbocycles. The Hall–Kier alpha value is -1.85. The highest BCUT2D eigenvalue weighted by Crippen LogP contribution is 2.50. The number of hydrogen-bond donors (Lipinski definition) is 2. The third kappa shape index (κ3) is 3.92. The fourth-order valence-electron chi connectivity index (χ4n) is 2.47. The molecular formula is C11H12F6N4O2. The van der Waals surface area contributed by atoms with Crippen molar-refractivity contribution in [2.45, 2.75) is 31.2 Å². The molecule has 130 valence electrons. The number of carboxylic acid groups (broad SMARTS) is 1. The molecule has 2 heterocycles. The largest absolute Gasteiger partial charge is 0.490 e. The zero-order valence-electron chi connectivity index (χ0n) is 11.4. The molecule has 23 heavy (non-hydrogen) atoms. The van der Waals surface area contributed by atoms with Crippen molar-refractivity contribution in [3.63, 3.8) is 0 Å². The molecule has 1 aliphatic heterocycles. The number of nitrogens with one attached hydrogen (secondary N) is 1. The van der Waals surface area contributed by atoms with E-state index in [2.05, 4.69) is 15.4 Å². The number of alkyl halides is 6. The number of rotatable bonds is 1. The first-order valence-corrected chi connectivity index (χ1v) is 6.42. The molecule has 1 aliphatic carbocycles. The van der Waals surface area contributed by atoms with Crippen LogP contribution in [0.5, 0.6) is 0 Å². The minimum Gasteiger partial charge on any atom is -0.475 e. The number of hydrogen-bond acceptors (Lipinski definition) is 4. The van der Waals surface area contributed by atoms with Crippen LogP contribution in [0.1, 0.15) is 24.7 Å². The van der Waals surface area contributed by atoms with Crippen molar-refractivity contribution in [1.29, 1.82) is 0 Å². The van der Waals surface area contributed by atoms with E-state index in [1.165, 1.54) is 11.0 Å². The fourth-order valence-corrected chi connectivity index (χ4v) is 2.47. The Morgan fingerprint density at radius 1 is 1.26 bits per heavy atom. The predicted octanol–water partition coefficient (Wildman–Crippen LogP) is 1.85. The Bertz CT molecular complexity index is 570. The summed E-state index contributed by atoms with van der Waals surface area (Å²) in [4.78, 5) is 12.2. The van der Waals surface area contributed by atoms with Crippen LogP contribution in [0, 0.1) is 5.41 Å². The van der Waals surface area contributed by atoms with Gasteiger partial charge >= 0.3 is 18.3 Å². The van der Waals surface area contributed by atoms with Gasteiger partial charge < -0.3 is 10.4 Å². The van der Waals surface area contributed by atoms with Crippen molar-refractivity contribution in [2.75, 3.05) is 13.1 Å². The first-order valence-electron chi connectivity index (χ1n) is 6.42. The maximum absolute atomic E-state index is 12.3. The van der Waals surface area contributed by atoms with Crippen molar-refractivity contribution >= 4 is 5.97 Å². The van der Waals surface area contributed by atoms with Crippen molar-refractivity contribution in [3.8, 4) is 0 Å². The number of carbonyl (C=O) groups is 1. The van der Waals surface area contributed by atoms with E-state index in [1.54, 1.807) is 0 Å². The molecule has 0 bridgehead atoms. The highest BCUT2D eigenvalue weighted by atomic mass is 19.4. The summed E-state index contributed by atoms with van der Waals surface area (Å²) in [6, 6.07) is 0.0886. The van der Waals surface area contributed by atoms with E-state index in [0.717, 1.165) is 25.9 Å². The van der Waals surface area contributed by atoms with Crippen LogP contribution >= 0.6 is 0 Å². The molecule has 0 radical (unpaired) electrons. The van der Waals surface area contributed by atoms with Crippen LogP contribution in [0.15, 0.2) is 6.33 Å². The van der Waals surface area contributed by atoms with Crippen molar-refractivity contribution in [2.24, 2.45) is 5.41 Å². The van der Waals surface area contributed by atoms with Crippen LogP contribution < -0.4 is 5.32 Å². The predicted molar refractivity (Wildman–Crippen MR) is 62.3 cm³/mol. The number of aromatic nitrogens is 3. The Kier molecular flexibility index (Phi) is 4.30. The summed E-state index contributed by atoms with van der Waals surface area (Å²) in [5, 5.41) is 13.8. The van der Waals surface area contributed by atoms with Gasteiger partial charge in [-0.3, -0.25) is 0 Å². The van der Waals surface area contributed by atoms with Crippen molar-refractivity contribution in [1.82, 2.24) is 20.1 Å². The van der Waals surface area contributed by atoms with Gasteiger partial charge in [-0.15, -0.1) is 5.10 Å². The van der Waals surface area contributed by atoms with Crippen LogP contribution in [0.3, 0.4) is 0 Å². The Balaban J connectivity index is 0.000000236. The Morgan fingerprint density at radius 2 is 1.78 bits per heavy atom. The van der Waals surface area contributed by atoms with E-state index in [0.29, 0.717) is 5.41 Å². The quantitative estimate of drug-likeness (QED) is 0.759. The topological polar surface area (TPSA) is 80.0 Å². The molecule has 0 atom stereocenters. The lowest BCUT2D eigenvalue weighted by molar-refractivity contribution is -0.192. The summed E-state index contributed by atoms with van der Waals surface area (Å²) < 4.78 is 69.9. The SMILES string of the molecule is FC(F)(F)c1ncn(C2CC3(CNC3)C2)n1.O=C(O)C(F)(F)F. The molecule has 1 spiro atoms. The molecule has 1 aromatic heterocycles. The van der Waals surface area contributed by atoms with E-state index in [9.17, 15) is 26.3 Å². The monoisotopic (exact) mass is 346 g/mol. The zero-order valence-corrected chi connectivity index (χ0v) is 11.4. The molecule has 3 rings (SSSR count). The molecule has 6 nitrogen and oxygen atoms in total. The average molecular weight is 346 g/mol. The average Bonchev–Trinajstić information content (AvgIpc) is 2.73. The minimum absolute atomic E-state index is 0.0886. The molecule has 0 amide bonds. The maximum Gasteiger partial charge on any atom is 0.490 e. The molecule has 0 aromatic carbocycles. The molecule has 0 unspecified atom stereocenters. The Labute approximate surface area is 125 Å². The zero-order chi connectivity index (χ0) is 17.5. The lowest BCUT2D eigenvalue weighted by Gasteiger charge is -2.54. The van der Waals surface area contributed by atoms with Gasteiger partial charge in [0.15, 0.2) is 0 Å². The summed E-state index contributed by atoms with van der Waals surface area (Å²) in [6.45, 7) is 1.95. The summed E-state index contributed by atoms with van der Waals surface area (Å²) in [7, 11) is 0. The third-order valence-electron chi connectivity index (χ3n) is 3.72. The summed E-state index contributed by atoms with van der Waals surface area (Å²) >= 11 is 0. The van der Waals surface area contributed by atoms with Crippen LogP contribution in [0.2, 0.25) is 0 Å². The van der Waals surface area contributed by atoms with Gasteiger partial charge in [0.05, 0.1) is 6.04 Å². The lowest BCUT2D eigenvalue weighted by atomic mass is 9.62. The summed E-state index contributed by atoms with van der Waals surface area (Å²) in [5.41, 5.74) is 0.328. The second kappa shape index (κ2) is 5.65. The molecule has 2 aliphatic rings. The van der Waals surface area contributed by atoms with Gasteiger partial charge in [0.1, 0.15) is 6.33 Å². The fraction of sp³-hybridized carbons (Fsp3) is 0.727. The van der Waals surface area contributed by atoms with Crippen LogP contribution in [-0.4, -0.2) is 45.1 Å². The number of nitrogens with zero attached hydrogens (tertiary/aromatic N) is 3. The van der Waals surface area contributed by atoms with Crippen LogP contribution in [-0.2, 0) is 11.0 Å².